The van der Waals surface area contributed by atoms with E-state index in [9.17, 15) is 0 Å². The van der Waals surface area contributed by atoms with Gasteiger partial charge in [0, 0.05) is 44.3 Å². The zero-order valence-corrected chi connectivity index (χ0v) is 26.6. The lowest BCUT2D eigenvalue weighted by Gasteiger charge is -2.26. The summed E-state index contributed by atoms with van der Waals surface area (Å²) in [4.78, 5) is 2.37. The van der Waals surface area contributed by atoms with Crippen LogP contribution in [0.15, 0.2) is 186 Å². The van der Waals surface area contributed by atoms with Gasteiger partial charge < -0.3 is 13.9 Å². The van der Waals surface area contributed by atoms with E-state index in [0.717, 1.165) is 44.7 Å². The highest BCUT2D eigenvalue weighted by Gasteiger charge is 2.19. The molecule has 2 heterocycles. The average Bonchev–Trinajstić information content (AvgIpc) is 3.69. The van der Waals surface area contributed by atoms with Crippen LogP contribution in [0.3, 0.4) is 0 Å². The molecule has 3 heteroatoms. The Hall–Kier alpha value is -6.58. The zero-order valence-electron chi connectivity index (χ0n) is 26.6. The number of fused-ring (bicyclic) bond motifs is 7. The molecule has 0 aliphatic rings. The third kappa shape index (κ3) is 4.51. The van der Waals surface area contributed by atoms with Crippen LogP contribution in [0, 0.1) is 0 Å². The summed E-state index contributed by atoms with van der Waals surface area (Å²) in [5.41, 5.74) is 10.9. The number of hydrogen-bond donors (Lipinski definition) is 0. The Morgan fingerprint density at radius 1 is 0.367 bits per heavy atom. The molecule has 0 radical (unpaired) electrons. The third-order valence-corrected chi connectivity index (χ3v) is 9.72. The molecule has 0 fully saturated rings. The van der Waals surface area contributed by atoms with Crippen molar-refractivity contribution >= 4 is 71.6 Å². The van der Waals surface area contributed by atoms with Crippen LogP contribution in [0.5, 0.6) is 0 Å². The summed E-state index contributed by atoms with van der Waals surface area (Å²) in [6, 6.07) is 65.1. The lowest BCUT2D eigenvalue weighted by molar-refractivity contribution is 0.669. The smallest absolute Gasteiger partial charge is 0.135 e. The van der Waals surface area contributed by atoms with Gasteiger partial charge in [-0.15, -0.1) is 0 Å². The Bertz CT molecular complexity index is 2830. The Kier molecular flexibility index (Phi) is 6.18. The molecule has 0 unspecified atom stereocenters. The predicted molar refractivity (Wildman–Crippen MR) is 206 cm³/mol. The van der Waals surface area contributed by atoms with Gasteiger partial charge in [0.05, 0.1) is 11.0 Å². The van der Waals surface area contributed by atoms with Gasteiger partial charge >= 0.3 is 0 Å². The second-order valence-electron chi connectivity index (χ2n) is 12.6. The van der Waals surface area contributed by atoms with E-state index in [0.29, 0.717) is 0 Å². The highest BCUT2D eigenvalue weighted by atomic mass is 16.3. The van der Waals surface area contributed by atoms with Crippen LogP contribution < -0.4 is 4.90 Å². The molecule has 0 aliphatic carbocycles. The highest BCUT2D eigenvalue weighted by Crippen LogP contribution is 2.43. The summed E-state index contributed by atoms with van der Waals surface area (Å²) in [5.74, 6) is 0. The Morgan fingerprint density at radius 2 is 0.980 bits per heavy atom. The fourth-order valence-electron chi connectivity index (χ4n) is 7.44. The fraction of sp³-hybridized carbons (Fsp3) is 0. The summed E-state index contributed by atoms with van der Waals surface area (Å²) in [5, 5.41) is 7.12. The van der Waals surface area contributed by atoms with Crippen LogP contribution in [0.2, 0.25) is 0 Å². The van der Waals surface area contributed by atoms with Crippen molar-refractivity contribution in [2.24, 2.45) is 0 Å². The second-order valence-corrected chi connectivity index (χ2v) is 12.6. The normalized spacial score (nSPS) is 11.7. The van der Waals surface area contributed by atoms with E-state index >= 15 is 0 Å². The van der Waals surface area contributed by atoms with Crippen LogP contribution in [-0.4, -0.2) is 4.57 Å². The summed E-state index contributed by atoms with van der Waals surface area (Å²) >= 11 is 0. The van der Waals surface area contributed by atoms with E-state index in [1.165, 1.54) is 43.7 Å². The molecule has 49 heavy (non-hydrogen) atoms. The zero-order chi connectivity index (χ0) is 32.3. The molecule has 0 saturated carbocycles. The maximum absolute atomic E-state index is 6.24. The molecule has 0 aliphatic heterocycles. The molecule has 0 spiro atoms. The van der Waals surface area contributed by atoms with Crippen molar-refractivity contribution in [1.82, 2.24) is 4.57 Å². The molecular formula is C46H30N2O. The van der Waals surface area contributed by atoms with Gasteiger partial charge in [-0.05, 0) is 101 Å². The molecule has 10 rings (SSSR count). The fourth-order valence-corrected chi connectivity index (χ4v) is 7.44. The first-order chi connectivity index (χ1) is 24.3. The molecule has 10 aromatic rings. The Balaban J connectivity index is 1.24. The third-order valence-electron chi connectivity index (χ3n) is 9.72. The minimum Gasteiger partial charge on any atom is -0.456 e. The summed E-state index contributed by atoms with van der Waals surface area (Å²) < 4.78 is 8.63. The van der Waals surface area contributed by atoms with Gasteiger partial charge in [-0.1, -0.05) is 103 Å². The molecule has 0 saturated heterocycles. The Morgan fingerprint density at radius 3 is 1.82 bits per heavy atom. The molecule has 230 valence electrons. The van der Waals surface area contributed by atoms with Gasteiger partial charge in [-0.3, -0.25) is 0 Å². The van der Waals surface area contributed by atoms with Crippen molar-refractivity contribution in [2.45, 2.75) is 0 Å². The number of hydrogen-bond acceptors (Lipinski definition) is 2. The number of furan rings is 1. The molecule has 0 atom stereocenters. The molecule has 2 aromatic heterocycles. The van der Waals surface area contributed by atoms with Crippen molar-refractivity contribution in [2.75, 3.05) is 4.90 Å². The van der Waals surface area contributed by atoms with Crippen LogP contribution >= 0.6 is 0 Å². The maximum Gasteiger partial charge on any atom is 0.135 e. The first-order valence-electron chi connectivity index (χ1n) is 16.7. The van der Waals surface area contributed by atoms with Crippen molar-refractivity contribution in [1.29, 1.82) is 0 Å². The average molecular weight is 627 g/mol. The summed E-state index contributed by atoms with van der Waals surface area (Å²) in [7, 11) is 0. The molecular weight excluding hydrogens is 597 g/mol. The van der Waals surface area contributed by atoms with Gasteiger partial charge in [0.2, 0.25) is 0 Å². The van der Waals surface area contributed by atoms with Gasteiger partial charge in [-0.25, -0.2) is 0 Å². The highest BCUT2D eigenvalue weighted by molar-refractivity contribution is 6.15. The van der Waals surface area contributed by atoms with Crippen molar-refractivity contribution in [3.05, 3.63) is 182 Å². The molecule has 0 bridgehead atoms. The van der Waals surface area contributed by atoms with Gasteiger partial charge in [0.15, 0.2) is 0 Å². The number of para-hydroxylation sites is 2. The standard InChI is InChI=1S/C46H30N2O/c1-3-12-31(13-4-1)32-16-11-19-36(26-32)47(38-23-25-46-42(30-38)39-20-9-10-21-45(39)49-46)37-22-24-43-41(29-37)40-27-33-14-7-8-15-34(33)28-44(40)48(43)35-17-5-2-6-18-35/h1-30H. The number of aromatic nitrogens is 1. The quantitative estimate of drug-likeness (QED) is 0.190. The summed E-state index contributed by atoms with van der Waals surface area (Å²) in [6.45, 7) is 0. The van der Waals surface area contributed by atoms with Crippen molar-refractivity contribution < 1.29 is 4.42 Å². The lowest BCUT2D eigenvalue weighted by Crippen LogP contribution is -2.10. The second kappa shape index (κ2) is 11.0. The number of anilines is 3. The van der Waals surface area contributed by atoms with E-state index in [-0.39, 0.29) is 0 Å². The number of rotatable bonds is 5. The number of nitrogens with zero attached hydrogens (tertiary/aromatic N) is 2. The van der Waals surface area contributed by atoms with E-state index in [2.05, 4.69) is 179 Å². The topological polar surface area (TPSA) is 21.3 Å². The first-order valence-corrected chi connectivity index (χ1v) is 16.7. The van der Waals surface area contributed by atoms with Crippen LogP contribution in [-0.2, 0) is 0 Å². The van der Waals surface area contributed by atoms with Crippen LogP contribution in [0.25, 0.3) is 71.3 Å². The number of benzene rings is 8. The summed E-state index contributed by atoms with van der Waals surface area (Å²) in [6.07, 6.45) is 0. The van der Waals surface area contributed by atoms with Crippen LogP contribution in [0.1, 0.15) is 0 Å². The predicted octanol–water partition coefficient (Wildman–Crippen LogP) is 13.0. The largest absolute Gasteiger partial charge is 0.456 e. The minimum atomic E-state index is 0.885. The van der Waals surface area contributed by atoms with Gasteiger partial charge in [0.25, 0.3) is 0 Å². The van der Waals surface area contributed by atoms with Crippen molar-refractivity contribution in [3.63, 3.8) is 0 Å². The molecule has 0 amide bonds. The monoisotopic (exact) mass is 626 g/mol. The maximum atomic E-state index is 6.24. The molecule has 8 aromatic carbocycles. The van der Waals surface area contributed by atoms with Crippen molar-refractivity contribution in [3.8, 4) is 16.8 Å². The van der Waals surface area contributed by atoms with Gasteiger partial charge in [-0.2, -0.15) is 0 Å². The lowest BCUT2D eigenvalue weighted by atomic mass is 10.0. The molecule has 0 N–H and O–H groups in total. The minimum absolute atomic E-state index is 0.885. The molecule has 3 nitrogen and oxygen atoms in total. The van der Waals surface area contributed by atoms with E-state index in [1.54, 1.807) is 0 Å². The SMILES string of the molecule is c1ccc(-c2cccc(N(c3ccc4oc5ccccc5c4c3)c3ccc4c(c3)c3cc5ccccc5cc3n4-c3ccccc3)c2)cc1. The van der Waals surface area contributed by atoms with E-state index < -0.39 is 0 Å². The van der Waals surface area contributed by atoms with Gasteiger partial charge in [0.1, 0.15) is 11.2 Å². The van der Waals surface area contributed by atoms with Crippen LogP contribution in [0.4, 0.5) is 17.1 Å². The Labute approximate surface area is 283 Å². The van der Waals surface area contributed by atoms with E-state index in [1.807, 2.05) is 12.1 Å². The van der Waals surface area contributed by atoms with E-state index in [4.69, 9.17) is 4.42 Å². The first kappa shape index (κ1) is 27.5.